The molecule has 0 spiro atoms. The van der Waals surface area contributed by atoms with Crippen LogP contribution in [0.15, 0.2) is 12.4 Å². The first-order valence-electron chi connectivity index (χ1n) is 6.30. The molecule has 1 heterocycles. The standard InChI is InChI=1S/C13H23N3O2/c1-10(6-5-7-13(2,3)18)15-12(17)11-14-8-9-16(11)4/h8-10,18H,5-7H2,1-4H3,(H,15,17). The van der Waals surface area contributed by atoms with Crippen LogP contribution in [0.2, 0.25) is 0 Å². The number of carbonyl (C=O) groups is 1. The Kier molecular flexibility index (Phi) is 4.90. The molecule has 18 heavy (non-hydrogen) atoms. The highest BCUT2D eigenvalue weighted by molar-refractivity contribution is 5.90. The molecular weight excluding hydrogens is 230 g/mol. The van der Waals surface area contributed by atoms with Crippen molar-refractivity contribution < 1.29 is 9.90 Å². The van der Waals surface area contributed by atoms with Crippen molar-refractivity contribution in [1.82, 2.24) is 14.9 Å². The Bertz CT molecular complexity index is 393. The van der Waals surface area contributed by atoms with Crippen molar-refractivity contribution in [2.45, 2.75) is 51.7 Å². The van der Waals surface area contributed by atoms with Crippen LogP contribution in [0.4, 0.5) is 0 Å². The summed E-state index contributed by atoms with van der Waals surface area (Å²) in [5.41, 5.74) is -0.636. The number of aryl methyl sites for hydroxylation is 1. The summed E-state index contributed by atoms with van der Waals surface area (Å²) in [5.74, 6) is 0.266. The Hall–Kier alpha value is -1.36. The summed E-state index contributed by atoms with van der Waals surface area (Å²) in [4.78, 5) is 15.9. The minimum atomic E-state index is -0.636. The molecule has 5 heteroatoms. The number of hydrogen-bond acceptors (Lipinski definition) is 3. The zero-order chi connectivity index (χ0) is 13.8. The van der Waals surface area contributed by atoms with E-state index in [0.717, 1.165) is 19.3 Å². The van der Waals surface area contributed by atoms with E-state index in [1.165, 1.54) is 0 Å². The maximum atomic E-state index is 11.9. The number of aliphatic hydroxyl groups is 1. The summed E-state index contributed by atoms with van der Waals surface area (Å²) in [5, 5.41) is 12.5. The second kappa shape index (κ2) is 6.00. The van der Waals surface area contributed by atoms with E-state index in [9.17, 15) is 9.90 Å². The molecule has 0 saturated heterocycles. The number of carbonyl (C=O) groups excluding carboxylic acids is 1. The quantitative estimate of drug-likeness (QED) is 0.807. The first-order valence-corrected chi connectivity index (χ1v) is 6.30. The van der Waals surface area contributed by atoms with Gasteiger partial charge in [-0.1, -0.05) is 0 Å². The third-order valence-corrected chi connectivity index (χ3v) is 2.83. The van der Waals surface area contributed by atoms with Crippen LogP contribution in [0, 0.1) is 0 Å². The zero-order valence-corrected chi connectivity index (χ0v) is 11.6. The fourth-order valence-corrected chi connectivity index (χ4v) is 1.79. The van der Waals surface area contributed by atoms with Crippen LogP contribution in [0.3, 0.4) is 0 Å². The first kappa shape index (κ1) is 14.7. The average molecular weight is 253 g/mol. The molecule has 0 bridgehead atoms. The highest BCUT2D eigenvalue weighted by Crippen LogP contribution is 2.13. The monoisotopic (exact) mass is 253 g/mol. The van der Waals surface area contributed by atoms with Crippen molar-refractivity contribution in [2.75, 3.05) is 0 Å². The van der Waals surface area contributed by atoms with Gasteiger partial charge in [-0.2, -0.15) is 0 Å². The van der Waals surface area contributed by atoms with E-state index in [1.807, 2.05) is 6.92 Å². The van der Waals surface area contributed by atoms with Crippen LogP contribution in [0.1, 0.15) is 50.7 Å². The maximum Gasteiger partial charge on any atom is 0.287 e. The lowest BCUT2D eigenvalue weighted by molar-refractivity contribution is 0.0673. The van der Waals surface area contributed by atoms with Crippen LogP contribution in [-0.2, 0) is 7.05 Å². The van der Waals surface area contributed by atoms with Gasteiger partial charge in [-0.25, -0.2) is 4.98 Å². The van der Waals surface area contributed by atoms with Gasteiger partial charge in [-0.05, 0) is 40.0 Å². The largest absolute Gasteiger partial charge is 0.390 e. The summed E-state index contributed by atoms with van der Waals surface area (Å²) in [6, 6.07) is 0.0801. The van der Waals surface area contributed by atoms with Gasteiger partial charge in [0.15, 0.2) is 5.82 Å². The summed E-state index contributed by atoms with van der Waals surface area (Å²) in [6.07, 6.45) is 5.81. The minimum Gasteiger partial charge on any atom is -0.390 e. The maximum absolute atomic E-state index is 11.9. The number of aromatic nitrogens is 2. The van der Waals surface area contributed by atoms with Crippen molar-refractivity contribution >= 4 is 5.91 Å². The molecule has 0 aliphatic rings. The van der Waals surface area contributed by atoms with Crippen LogP contribution in [0.5, 0.6) is 0 Å². The molecule has 0 aliphatic carbocycles. The van der Waals surface area contributed by atoms with Gasteiger partial charge >= 0.3 is 0 Å². The molecule has 0 fully saturated rings. The Labute approximate surface area is 108 Å². The highest BCUT2D eigenvalue weighted by Gasteiger charge is 2.15. The normalized spacial score (nSPS) is 13.4. The van der Waals surface area contributed by atoms with Gasteiger partial charge in [0.2, 0.25) is 0 Å². The van der Waals surface area contributed by atoms with Crippen molar-refractivity contribution in [3.05, 3.63) is 18.2 Å². The van der Waals surface area contributed by atoms with Gasteiger partial charge in [0.05, 0.1) is 5.60 Å². The summed E-state index contributed by atoms with van der Waals surface area (Å²) < 4.78 is 1.69. The summed E-state index contributed by atoms with van der Waals surface area (Å²) in [6.45, 7) is 5.56. The molecule has 1 aromatic rings. The average Bonchev–Trinajstić information content (AvgIpc) is 2.62. The van der Waals surface area contributed by atoms with Gasteiger partial charge in [0.25, 0.3) is 5.91 Å². The predicted octanol–water partition coefficient (Wildman–Crippen LogP) is 1.48. The van der Waals surface area contributed by atoms with E-state index in [4.69, 9.17) is 0 Å². The number of imidazole rings is 1. The third-order valence-electron chi connectivity index (χ3n) is 2.83. The minimum absolute atomic E-state index is 0.0801. The molecule has 1 aromatic heterocycles. The Balaban J connectivity index is 2.35. The smallest absolute Gasteiger partial charge is 0.287 e. The SMILES string of the molecule is CC(CCCC(C)(C)O)NC(=O)c1nccn1C. The fraction of sp³-hybridized carbons (Fsp3) is 0.692. The molecule has 2 N–H and O–H groups in total. The van der Waals surface area contributed by atoms with E-state index in [1.54, 1.807) is 37.9 Å². The lowest BCUT2D eigenvalue weighted by Gasteiger charge is -2.19. The van der Waals surface area contributed by atoms with Gasteiger partial charge in [0.1, 0.15) is 0 Å². The lowest BCUT2D eigenvalue weighted by atomic mass is 10.00. The molecular formula is C13H23N3O2. The van der Waals surface area contributed by atoms with Crippen molar-refractivity contribution in [1.29, 1.82) is 0 Å². The summed E-state index contributed by atoms with van der Waals surface area (Å²) in [7, 11) is 1.79. The van der Waals surface area contributed by atoms with E-state index in [2.05, 4.69) is 10.3 Å². The van der Waals surface area contributed by atoms with Crippen LogP contribution in [0.25, 0.3) is 0 Å². The summed E-state index contributed by atoms with van der Waals surface area (Å²) >= 11 is 0. The highest BCUT2D eigenvalue weighted by atomic mass is 16.3. The molecule has 0 saturated carbocycles. The number of rotatable bonds is 6. The second-order valence-electron chi connectivity index (χ2n) is 5.44. The number of nitrogens with one attached hydrogen (secondary N) is 1. The molecule has 0 radical (unpaired) electrons. The topological polar surface area (TPSA) is 67.2 Å². The van der Waals surface area contributed by atoms with Crippen LogP contribution < -0.4 is 5.32 Å². The lowest BCUT2D eigenvalue weighted by Crippen LogP contribution is -2.34. The second-order valence-corrected chi connectivity index (χ2v) is 5.44. The molecule has 0 aliphatic heterocycles. The van der Waals surface area contributed by atoms with Crippen LogP contribution in [-0.4, -0.2) is 32.2 Å². The van der Waals surface area contributed by atoms with Crippen molar-refractivity contribution in [2.24, 2.45) is 7.05 Å². The van der Waals surface area contributed by atoms with Gasteiger partial charge in [0, 0.05) is 25.5 Å². The molecule has 1 amide bonds. The van der Waals surface area contributed by atoms with Gasteiger partial charge < -0.3 is 15.0 Å². The molecule has 1 atom stereocenters. The van der Waals surface area contributed by atoms with Gasteiger partial charge in [-0.3, -0.25) is 4.79 Å². The number of nitrogens with zero attached hydrogens (tertiary/aromatic N) is 2. The van der Waals surface area contributed by atoms with Crippen molar-refractivity contribution in [3.8, 4) is 0 Å². The van der Waals surface area contributed by atoms with E-state index >= 15 is 0 Å². The molecule has 1 unspecified atom stereocenters. The molecule has 102 valence electrons. The van der Waals surface area contributed by atoms with Gasteiger partial charge in [-0.15, -0.1) is 0 Å². The predicted molar refractivity (Wildman–Crippen MR) is 70.3 cm³/mol. The first-order chi connectivity index (χ1) is 8.29. The van der Waals surface area contributed by atoms with Crippen molar-refractivity contribution in [3.63, 3.8) is 0 Å². The number of hydrogen-bond donors (Lipinski definition) is 2. The fourth-order valence-electron chi connectivity index (χ4n) is 1.79. The molecule has 0 aromatic carbocycles. The third kappa shape index (κ3) is 4.87. The molecule has 1 rings (SSSR count). The van der Waals surface area contributed by atoms with E-state index in [0.29, 0.717) is 5.82 Å². The van der Waals surface area contributed by atoms with E-state index in [-0.39, 0.29) is 11.9 Å². The van der Waals surface area contributed by atoms with E-state index < -0.39 is 5.60 Å². The van der Waals surface area contributed by atoms with Crippen LogP contribution >= 0.6 is 0 Å². The Morgan fingerprint density at radius 1 is 1.61 bits per heavy atom. The zero-order valence-electron chi connectivity index (χ0n) is 11.6. The number of amides is 1. The Morgan fingerprint density at radius 2 is 2.28 bits per heavy atom. The molecule has 5 nitrogen and oxygen atoms in total. The Morgan fingerprint density at radius 3 is 2.78 bits per heavy atom.